The molecule has 0 bridgehead atoms. The first-order chi connectivity index (χ1) is 8.63. The quantitative estimate of drug-likeness (QED) is 0.801. The number of methoxy groups -OCH3 is 3. The Kier molecular flexibility index (Phi) is 3.43. The molecule has 0 spiro atoms. The van der Waals surface area contributed by atoms with E-state index in [0.717, 1.165) is 27.1 Å². The third-order valence-corrected chi connectivity index (χ3v) is 4.10. The second-order valence-electron chi connectivity index (χ2n) is 3.72. The predicted molar refractivity (Wildman–Crippen MR) is 71.0 cm³/mol. The number of rotatable bonds is 3. The zero-order chi connectivity index (χ0) is 13.3. The predicted octanol–water partition coefficient (Wildman–Crippen LogP) is 3.01. The number of fused-ring (bicyclic) bond motifs is 1. The van der Waals surface area contributed by atoms with E-state index in [-0.39, 0.29) is 5.97 Å². The van der Waals surface area contributed by atoms with Gasteiger partial charge in [0.05, 0.1) is 26.0 Å². The molecule has 18 heavy (non-hydrogen) atoms. The van der Waals surface area contributed by atoms with E-state index in [2.05, 4.69) is 0 Å². The minimum Gasteiger partial charge on any atom is -0.496 e. The Labute approximate surface area is 109 Å². The zero-order valence-electron chi connectivity index (χ0n) is 10.7. The minimum atomic E-state index is -0.335. The fourth-order valence-corrected chi connectivity index (χ4v) is 3.15. The summed E-state index contributed by atoms with van der Waals surface area (Å²) >= 11 is 1.36. The molecule has 0 aliphatic heterocycles. The van der Waals surface area contributed by atoms with Gasteiger partial charge in [0.1, 0.15) is 16.4 Å². The van der Waals surface area contributed by atoms with Crippen LogP contribution < -0.4 is 9.47 Å². The van der Waals surface area contributed by atoms with Crippen molar-refractivity contribution >= 4 is 27.4 Å². The maximum absolute atomic E-state index is 11.7. The Balaban J connectivity index is 2.80. The summed E-state index contributed by atoms with van der Waals surface area (Å²) in [6.07, 6.45) is 0. The van der Waals surface area contributed by atoms with Crippen LogP contribution in [0, 0.1) is 6.92 Å². The SMILES string of the molecule is COC(=O)c1sc2c(OC)ccc(OC)c2c1C. The van der Waals surface area contributed by atoms with E-state index in [1.807, 2.05) is 19.1 Å². The van der Waals surface area contributed by atoms with E-state index in [4.69, 9.17) is 14.2 Å². The summed E-state index contributed by atoms with van der Waals surface area (Å²) in [6.45, 7) is 1.88. The lowest BCUT2D eigenvalue weighted by molar-refractivity contribution is 0.0605. The first kappa shape index (κ1) is 12.7. The molecule has 96 valence electrons. The van der Waals surface area contributed by atoms with Crippen molar-refractivity contribution in [2.75, 3.05) is 21.3 Å². The number of benzene rings is 1. The van der Waals surface area contributed by atoms with Crippen LogP contribution in [0.25, 0.3) is 10.1 Å². The molecule has 2 aromatic rings. The summed E-state index contributed by atoms with van der Waals surface area (Å²) in [5.74, 6) is 1.13. The van der Waals surface area contributed by atoms with E-state index in [9.17, 15) is 4.79 Å². The van der Waals surface area contributed by atoms with Crippen molar-refractivity contribution in [3.8, 4) is 11.5 Å². The molecule has 0 aliphatic carbocycles. The molecule has 1 aromatic heterocycles. The number of aryl methyl sites for hydroxylation is 1. The molecule has 0 saturated heterocycles. The lowest BCUT2D eigenvalue weighted by atomic mass is 10.1. The van der Waals surface area contributed by atoms with Crippen LogP contribution in [-0.4, -0.2) is 27.3 Å². The third kappa shape index (κ3) is 1.80. The maximum atomic E-state index is 11.7. The van der Waals surface area contributed by atoms with Gasteiger partial charge in [-0.05, 0) is 24.6 Å². The van der Waals surface area contributed by atoms with Gasteiger partial charge in [-0.2, -0.15) is 0 Å². The Hall–Kier alpha value is -1.75. The standard InChI is InChI=1S/C13H14O4S/c1-7-10-8(15-2)5-6-9(16-3)12(10)18-11(7)13(14)17-4/h5-6H,1-4H3. The van der Waals surface area contributed by atoms with E-state index >= 15 is 0 Å². The van der Waals surface area contributed by atoms with Crippen LogP contribution in [0.2, 0.25) is 0 Å². The minimum absolute atomic E-state index is 0.335. The molecule has 2 rings (SSSR count). The molecule has 0 unspecified atom stereocenters. The molecule has 4 nitrogen and oxygen atoms in total. The number of carbonyl (C=O) groups excluding carboxylic acids is 1. The van der Waals surface area contributed by atoms with Crippen molar-refractivity contribution in [1.82, 2.24) is 0 Å². The second-order valence-corrected chi connectivity index (χ2v) is 4.74. The average Bonchev–Trinajstić information content (AvgIpc) is 2.75. The van der Waals surface area contributed by atoms with Crippen LogP contribution in [0.15, 0.2) is 12.1 Å². The lowest BCUT2D eigenvalue weighted by Crippen LogP contribution is -1.99. The molecular formula is C13H14O4S. The summed E-state index contributed by atoms with van der Waals surface area (Å²) in [5.41, 5.74) is 0.859. The van der Waals surface area contributed by atoms with Crippen LogP contribution in [-0.2, 0) is 4.74 Å². The summed E-state index contributed by atoms with van der Waals surface area (Å²) in [7, 11) is 4.59. The average molecular weight is 266 g/mol. The van der Waals surface area contributed by atoms with Gasteiger partial charge < -0.3 is 14.2 Å². The van der Waals surface area contributed by atoms with Crippen LogP contribution in [0.5, 0.6) is 11.5 Å². The molecule has 0 aliphatic rings. The molecule has 1 aromatic carbocycles. The van der Waals surface area contributed by atoms with Crippen LogP contribution in [0.4, 0.5) is 0 Å². The summed E-state index contributed by atoms with van der Waals surface area (Å²) in [4.78, 5) is 12.3. The fourth-order valence-electron chi connectivity index (χ4n) is 1.91. The van der Waals surface area contributed by atoms with Crippen molar-refractivity contribution in [1.29, 1.82) is 0 Å². The largest absolute Gasteiger partial charge is 0.496 e. The molecule has 0 saturated carbocycles. The van der Waals surface area contributed by atoms with Gasteiger partial charge in [-0.25, -0.2) is 4.79 Å². The van der Waals surface area contributed by atoms with Gasteiger partial charge in [0, 0.05) is 5.39 Å². The lowest BCUT2D eigenvalue weighted by Gasteiger charge is -2.06. The highest BCUT2D eigenvalue weighted by molar-refractivity contribution is 7.21. The second kappa shape index (κ2) is 4.86. The maximum Gasteiger partial charge on any atom is 0.348 e. The monoisotopic (exact) mass is 266 g/mol. The summed E-state index contributed by atoms with van der Waals surface area (Å²) < 4.78 is 16.3. The first-order valence-electron chi connectivity index (χ1n) is 5.36. The zero-order valence-corrected chi connectivity index (χ0v) is 11.5. The first-order valence-corrected chi connectivity index (χ1v) is 6.18. The Morgan fingerprint density at radius 2 is 1.72 bits per heavy atom. The third-order valence-electron chi connectivity index (χ3n) is 2.81. The number of hydrogen-bond acceptors (Lipinski definition) is 5. The van der Waals surface area contributed by atoms with Crippen molar-refractivity contribution in [2.45, 2.75) is 6.92 Å². The highest BCUT2D eigenvalue weighted by Crippen LogP contribution is 2.42. The normalized spacial score (nSPS) is 10.4. The smallest absolute Gasteiger partial charge is 0.348 e. The van der Waals surface area contributed by atoms with Gasteiger partial charge in [0.15, 0.2) is 0 Å². The van der Waals surface area contributed by atoms with Crippen molar-refractivity contribution in [3.63, 3.8) is 0 Å². The van der Waals surface area contributed by atoms with Crippen molar-refractivity contribution in [3.05, 3.63) is 22.6 Å². The molecule has 0 radical (unpaired) electrons. The van der Waals surface area contributed by atoms with Gasteiger partial charge in [-0.3, -0.25) is 0 Å². The Morgan fingerprint density at radius 1 is 1.11 bits per heavy atom. The van der Waals surface area contributed by atoms with Gasteiger partial charge in [-0.15, -0.1) is 11.3 Å². The van der Waals surface area contributed by atoms with Crippen LogP contribution in [0.1, 0.15) is 15.2 Å². The number of hydrogen-bond donors (Lipinski definition) is 0. The van der Waals surface area contributed by atoms with Crippen molar-refractivity contribution < 1.29 is 19.0 Å². The van der Waals surface area contributed by atoms with Crippen LogP contribution in [0.3, 0.4) is 0 Å². The van der Waals surface area contributed by atoms with Gasteiger partial charge in [-0.1, -0.05) is 0 Å². The molecule has 1 heterocycles. The highest BCUT2D eigenvalue weighted by Gasteiger charge is 2.20. The summed E-state index contributed by atoms with van der Waals surface area (Å²) in [6, 6.07) is 3.67. The number of thiophene rings is 1. The van der Waals surface area contributed by atoms with Gasteiger partial charge in [0.2, 0.25) is 0 Å². The van der Waals surface area contributed by atoms with E-state index in [1.165, 1.54) is 18.4 Å². The summed E-state index contributed by atoms with van der Waals surface area (Å²) in [5, 5.41) is 0.905. The number of esters is 1. The van der Waals surface area contributed by atoms with E-state index < -0.39 is 0 Å². The fraction of sp³-hybridized carbons (Fsp3) is 0.308. The Morgan fingerprint density at radius 3 is 2.28 bits per heavy atom. The van der Waals surface area contributed by atoms with Crippen molar-refractivity contribution in [2.24, 2.45) is 0 Å². The number of ether oxygens (including phenoxy) is 3. The molecule has 0 amide bonds. The Bertz CT molecular complexity index is 601. The molecule has 0 fully saturated rings. The van der Waals surface area contributed by atoms with E-state index in [1.54, 1.807) is 14.2 Å². The van der Waals surface area contributed by atoms with Gasteiger partial charge >= 0.3 is 5.97 Å². The van der Waals surface area contributed by atoms with E-state index in [0.29, 0.717) is 4.88 Å². The van der Waals surface area contributed by atoms with Gasteiger partial charge in [0.25, 0.3) is 0 Å². The molecule has 0 atom stereocenters. The molecular weight excluding hydrogens is 252 g/mol. The highest BCUT2D eigenvalue weighted by atomic mass is 32.1. The topological polar surface area (TPSA) is 44.8 Å². The molecule has 5 heteroatoms. The van der Waals surface area contributed by atoms with Crippen LogP contribution >= 0.6 is 11.3 Å². The number of carbonyl (C=O) groups is 1. The molecule has 0 N–H and O–H groups in total.